The molecule has 0 aliphatic heterocycles. The van der Waals surface area contributed by atoms with Crippen LogP contribution in [0.1, 0.15) is 30.7 Å². The topological polar surface area (TPSA) is 44.9 Å². The number of carbonyl (C=O) groups is 1. The van der Waals surface area contributed by atoms with E-state index < -0.39 is 0 Å². The highest BCUT2D eigenvalue weighted by molar-refractivity contribution is 5.86. The first-order valence-corrected chi connectivity index (χ1v) is 8.46. The average Bonchev–Trinajstić information content (AvgIpc) is 2.92. The largest absolute Gasteiger partial charge is 0.358 e. The Labute approximate surface area is 147 Å². The third-order valence-electron chi connectivity index (χ3n) is 4.61. The number of fused-ring (bicyclic) bond motifs is 1. The van der Waals surface area contributed by atoms with E-state index in [0.29, 0.717) is 12.1 Å². The van der Waals surface area contributed by atoms with Gasteiger partial charge in [0.15, 0.2) is 0 Å². The Morgan fingerprint density at radius 2 is 1.80 bits per heavy atom. The summed E-state index contributed by atoms with van der Waals surface area (Å²) in [6.07, 6.45) is 0.0512. The summed E-state index contributed by atoms with van der Waals surface area (Å²) in [6, 6.07) is 14.6. The van der Waals surface area contributed by atoms with Crippen molar-refractivity contribution in [3.8, 4) is 0 Å². The maximum absolute atomic E-state index is 13.7. The molecule has 130 valence electrons. The van der Waals surface area contributed by atoms with Gasteiger partial charge in [-0.15, -0.1) is 0 Å². The molecule has 0 bridgehead atoms. The van der Waals surface area contributed by atoms with Crippen LogP contribution in [-0.2, 0) is 16.6 Å². The maximum Gasteiger partial charge on any atom is 0.224 e. The van der Waals surface area contributed by atoms with E-state index in [4.69, 9.17) is 0 Å². The molecular weight excluding hydrogens is 315 g/mol. The lowest BCUT2D eigenvalue weighted by molar-refractivity contribution is -0.120. The molecular formula is C21H23FN2O. The van der Waals surface area contributed by atoms with Crippen molar-refractivity contribution < 1.29 is 9.18 Å². The van der Waals surface area contributed by atoms with E-state index in [2.05, 4.69) is 43.2 Å². The number of aromatic amines is 1. The molecule has 0 saturated heterocycles. The van der Waals surface area contributed by atoms with Crippen LogP contribution in [0.25, 0.3) is 10.9 Å². The minimum absolute atomic E-state index is 0.0512. The van der Waals surface area contributed by atoms with Crippen LogP contribution < -0.4 is 5.32 Å². The molecule has 1 aromatic heterocycles. The Bertz CT molecular complexity index is 911. The third kappa shape index (κ3) is 3.58. The van der Waals surface area contributed by atoms with Crippen LogP contribution in [0.15, 0.2) is 48.5 Å². The first-order chi connectivity index (χ1) is 11.9. The number of aryl methyl sites for hydroxylation is 1. The number of para-hydroxylation sites is 1. The van der Waals surface area contributed by atoms with Gasteiger partial charge in [0.2, 0.25) is 5.91 Å². The highest BCUT2D eigenvalue weighted by Crippen LogP contribution is 2.33. The molecule has 0 fully saturated rings. The first kappa shape index (κ1) is 17.2. The average molecular weight is 338 g/mol. The summed E-state index contributed by atoms with van der Waals surface area (Å²) < 4.78 is 13.7. The molecule has 0 spiro atoms. The predicted octanol–water partition coefficient (Wildman–Crippen LogP) is 4.25. The zero-order valence-electron chi connectivity index (χ0n) is 14.8. The van der Waals surface area contributed by atoms with Crippen LogP contribution in [0.3, 0.4) is 0 Å². The number of halogens is 1. The fourth-order valence-corrected chi connectivity index (χ4v) is 3.43. The standard InChI is InChI=1S/C21H23FN2O/c1-14-20(16-9-5-7-11-18(16)24-14)21(2,3)13-23-19(25)12-15-8-4-6-10-17(15)22/h4-11,24H,12-13H2,1-3H3,(H,23,25). The molecule has 0 saturated carbocycles. The Morgan fingerprint density at radius 3 is 2.56 bits per heavy atom. The molecule has 3 rings (SSSR count). The number of aromatic nitrogens is 1. The fourth-order valence-electron chi connectivity index (χ4n) is 3.43. The monoisotopic (exact) mass is 338 g/mol. The first-order valence-electron chi connectivity index (χ1n) is 8.46. The van der Waals surface area contributed by atoms with Gasteiger partial charge >= 0.3 is 0 Å². The van der Waals surface area contributed by atoms with Crippen LogP contribution in [0.4, 0.5) is 4.39 Å². The molecule has 0 aliphatic carbocycles. The van der Waals surface area contributed by atoms with Gasteiger partial charge < -0.3 is 10.3 Å². The summed E-state index contributed by atoms with van der Waals surface area (Å²) >= 11 is 0. The van der Waals surface area contributed by atoms with Gasteiger partial charge in [-0.05, 0) is 30.2 Å². The maximum atomic E-state index is 13.7. The summed E-state index contributed by atoms with van der Waals surface area (Å²) in [6.45, 7) is 6.76. The summed E-state index contributed by atoms with van der Waals surface area (Å²) in [5, 5.41) is 4.13. The normalized spacial score (nSPS) is 11.7. The molecule has 0 radical (unpaired) electrons. The van der Waals surface area contributed by atoms with Crippen molar-refractivity contribution in [3.63, 3.8) is 0 Å². The zero-order valence-corrected chi connectivity index (χ0v) is 14.8. The van der Waals surface area contributed by atoms with Gasteiger partial charge in [-0.25, -0.2) is 4.39 Å². The minimum Gasteiger partial charge on any atom is -0.358 e. The molecule has 25 heavy (non-hydrogen) atoms. The van der Waals surface area contributed by atoms with E-state index >= 15 is 0 Å². The van der Waals surface area contributed by atoms with Crippen molar-refractivity contribution in [2.24, 2.45) is 0 Å². The van der Waals surface area contributed by atoms with E-state index in [0.717, 1.165) is 11.2 Å². The van der Waals surface area contributed by atoms with Gasteiger partial charge in [0, 0.05) is 28.6 Å². The second-order valence-electron chi connectivity index (χ2n) is 7.10. The van der Waals surface area contributed by atoms with Crippen molar-refractivity contribution in [1.82, 2.24) is 10.3 Å². The number of benzene rings is 2. The molecule has 0 atom stereocenters. The van der Waals surface area contributed by atoms with Crippen molar-refractivity contribution in [3.05, 3.63) is 71.2 Å². The van der Waals surface area contributed by atoms with Crippen LogP contribution in [0.5, 0.6) is 0 Å². The number of carbonyl (C=O) groups excluding carboxylic acids is 1. The molecule has 3 nitrogen and oxygen atoms in total. The second-order valence-corrected chi connectivity index (χ2v) is 7.10. The molecule has 2 aromatic carbocycles. The van der Waals surface area contributed by atoms with E-state index in [1.807, 2.05) is 12.1 Å². The lowest BCUT2D eigenvalue weighted by Gasteiger charge is -2.26. The van der Waals surface area contributed by atoms with Crippen molar-refractivity contribution in [1.29, 1.82) is 0 Å². The van der Waals surface area contributed by atoms with E-state index in [1.165, 1.54) is 17.0 Å². The van der Waals surface area contributed by atoms with Crippen LogP contribution in [0.2, 0.25) is 0 Å². The van der Waals surface area contributed by atoms with Gasteiger partial charge in [0.05, 0.1) is 6.42 Å². The Kier molecular flexibility index (Phi) is 4.62. The quantitative estimate of drug-likeness (QED) is 0.718. The highest BCUT2D eigenvalue weighted by Gasteiger charge is 2.27. The lowest BCUT2D eigenvalue weighted by Crippen LogP contribution is -2.37. The predicted molar refractivity (Wildman–Crippen MR) is 99.2 cm³/mol. The minimum atomic E-state index is -0.343. The van der Waals surface area contributed by atoms with Gasteiger partial charge in [0.25, 0.3) is 0 Å². The van der Waals surface area contributed by atoms with Crippen LogP contribution in [-0.4, -0.2) is 17.4 Å². The van der Waals surface area contributed by atoms with Gasteiger partial charge in [-0.3, -0.25) is 4.79 Å². The molecule has 2 N–H and O–H groups in total. The molecule has 4 heteroatoms. The molecule has 1 amide bonds. The van der Waals surface area contributed by atoms with Crippen molar-refractivity contribution >= 4 is 16.8 Å². The van der Waals surface area contributed by atoms with E-state index in [-0.39, 0.29) is 23.6 Å². The Balaban J connectivity index is 1.74. The molecule has 0 aliphatic rings. The number of nitrogens with one attached hydrogen (secondary N) is 2. The SMILES string of the molecule is Cc1[nH]c2ccccc2c1C(C)(C)CNC(=O)Cc1ccccc1F. The van der Waals surface area contributed by atoms with E-state index in [9.17, 15) is 9.18 Å². The summed E-state index contributed by atoms with van der Waals surface area (Å²) in [7, 11) is 0. The number of H-pyrrole nitrogens is 1. The zero-order chi connectivity index (χ0) is 18.0. The number of amides is 1. The van der Waals surface area contributed by atoms with Crippen LogP contribution in [0, 0.1) is 12.7 Å². The lowest BCUT2D eigenvalue weighted by atomic mass is 9.82. The second kappa shape index (κ2) is 6.71. The molecule has 0 unspecified atom stereocenters. The van der Waals surface area contributed by atoms with Crippen molar-refractivity contribution in [2.75, 3.05) is 6.54 Å². The van der Waals surface area contributed by atoms with Crippen molar-refractivity contribution in [2.45, 2.75) is 32.6 Å². The van der Waals surface area contributed by atoms with E-state index in [1.54, 1.807) is 18.2 Å². The number of hydrogen-bond donors (Lipinski definition) is 2. The van der Waals surface area contributed by atoms with Gasteiger partial charge in [-0.2, -0.15) is 0 Å². The smallest absolute Gasteiger partial charge is 0.224 e. The number of rotatable bonds is 5. The van der Waals surface area contributed by atoms with Crippen LogP contribution >= 0.6 is 0 Å². The Morgan fingerprint density at radius 1 is 1.12 bits per heavy atom. The van der Waals surface area contributed by atoms with Gasteiger partial charge in [0.1, 0.15) is 5.82 Å². The summed E-state index contributed by atoms with van der Waals surface area (Å²) in [4.78, 5) is 15.6. The summed E-state index contributed by atoms with van der Waals surface area (Å²) in [5.74, 6) is -0.514. The molecule has 3 aromatic rings. The Hall–Kier alpha value is -2.62. The summed E-state index contributed by atoms with van der Waals surface area (Å²) in [5.41, 5.74) is 3.58. The van der Waals surface area contributed by atoms with Gasteiger partial charge in [-0.1, -0.05) is 50.2 Å². The third-order valence-corrected chi connectivity index (χ3v) is 4.61. The fraction of sp³-hybridized carbons (Fsp3) is 0.286. The number of hydrogen-bond acceptors (Lipinski definition) is 1. The molecule has 1 heterocycles. The highest BCUT2D eigenvalue weighted by atomic mass is 19.1.